The lowest BCUT2D eigenvalue weighted by atomic mass is 10.1. The van der Waals surface area contributed by atoms with E-state index in [1.54, 1.807) is 6.21 Å². The Morgan fingerprint density at radius 2 is 2.15 bits per heavy atom. The summed E-state index contributed by atoms with van der Waals surface area (Å²) in [6.07, 6.45) is 3.97. The standard InChI is InChI=1S/C9H16N2O2/c1-8(2,13)7(12)11-10-6-9(3)4-5-9/h6,13H,4-5H2,1-3H3,(H,11,12)/b10-6+. The van der Waals surface area contributed by atoms with Gasteiger partial charge in [0.25, 0.3) is 5.91 Å². The van der Waals surface area contributed by atoms with Crippen LogP contribution < -0.4 is 5.43 Å². The maximum absolute atomic E-state index is 11.1. The van der Waals surface area contributed by atoms with Crippen molar-refractivity contribution in [3.8, 4) is 0 Å². The van der Waals surface area contributed by atoms with Crippen LogP contribution in [0.25, 0.3) is 0 Å². The van der Waals surface area contributed by atoms with Crippen LogP contribution in [0, 0.1) is 5.41 Å². The summed E-state index contributed by atoms with van der Waals surface area (Å²) in [6.45, 7) is 4.93. The summed E-state index contributed by atoms with van der Waals surface area (Å²) in [5.41, 5.74) is 1.11. The molecule has 0 spiro atoms. The molecule has 1 fully saturated rings. The Labute approximate surface area is 78.0 Å². The first-order chi connectivity index (χ1) is 5.83. The molecule has 1 rings (SSSR count). The zero-order chi connectivity index (χ0) is 10.1. The van der Waals surface area contributed by atoms with Crippen molar-refractivity contribution < 1.29 is 9.90 Å². The summed E-state index contributed by atoms with van der Waals surface area (Å²) in [6, 6.07) is 0. The van der Waals surface area contributed by atoms with Gasteiger partial charge >= 0.3 is 0 Å². The molecule has 0 unspecified atom stereocenters. The second-order valence-electron chi connectivity index (χ2n) is 4.41. The third-order valence-corrected chi connectivity index (χ3v) is 2.14. The van der Waals surface area contributed by atoms with E-state index in [-0.39, 0.29) is 5.41 Å². The molecular formula is C9H16N2O2. The first kappa shape index (κ1) is 10.2. The molecule has 0 radical (unpaired) electrons. The zero-order valence-electron chi connectivity index (χ0n) is 8.29. The van der Waals surface area contributed by atoms with Crippen molar-refractivity contribution in [3.05, 3.63) is 0 Å². The Bertz CT molecular complexity index is 236. The van der Waals surface area contributed by atoms with E-state index in [1.165, 1.54) is 13.8 Å². The van der Waals surface area contributed by atoms with Crippen molar-refractivity contribution in [2.75, 3.05) is 0 Å². The number of hydrazone groups is 1. The van der Waals surface area contributed by atoms with E-state index in [1.807, 2.05) is 0 Å². The number of amides is 1. The van der Waals surface area contributed by atoms with Crippen LogP contribution >= 0.6 is 0 Å². The highest BCUT2D eigenvalue weighted by Crippen LogP contribution is 2.42. The quantitative estimate of drug-likeness (QED) is 0.500. The Balaban J connectivity index is 2.34. The van der Waals surface area contributed by atoms with Gasteiger partial charge in [0.05, 0.1) is 0 Å². The highest BCUT2D eigenvalue weighted by molar-refractivity contribution is 5.84. The molecule has 0 bridgehead atoms. The topological polar surface area (TPSA) is 61.7 Å². The van der Waals surface area contributed by atoms with Gasteiger partial charge in [0.15, 0.2) is 0 Å². The van der Waals surface area contributed by atoms with Crippen molar-refractivity contribution in [2.24, 2.45) is 10.5 Å². The fourth-order valence-corrected chi connectivity index (χ4v) is 0.710. The Morgan fingerprint density at radius 3 is 2.54 bits per heavy atom. The molecule has 0 saturated heterocycles. The molecule has 4 nitrogen and oxygen atoms in total. The van der Waals surface area contributed by atoms with Crippen molar-refractivity contribution in [1.82, 2.24) is 5.43 Å². The number of carbonyl (C=O) groups is 1. The van der Waals surface area contributed by atoms with Gasteiger partial charge in [-0.05, 0) is 26.7 Å². The van der Waals surface area contributed by atoms with E-state index in [4.69, 9.17) is 0 Å². The Hall–Kier alpha value is -0.900. The number of nitrogens with one attached hydrogen (secondary N) is 1. The minimum atomic E-state index is -1.36. The number of nitrogens with zero attached hydrogens (tertiary/aromatic N) is 1. The maximum Gasteiger partial charge on any atom is 0.271 e. The molecule has 4 heteroatoms. The summed E-state index contributed by atoms with van der Waals surface area (Å²) in [5, 5.41) is 13.0. The summed E-state index contributed by atoms with van der Waals surface area (Å²) in [7, 11) is 0. The monoisotopic (exact) mass is 184 g/mol. The van der Waals surface area contributed by atoms with Crippen LogP contribution in [-0.2, 0) is 4.79 Å². The van der Waals surface area contributed by atoms with Crippen LogP contribution in [0.5, 0.6) is 0 Å². The van der Waals surface area contributed by atoms with Gasteiger partial charge in [-0.2, -0.15) is 5.10 Å². The van der Waals surface area contributed by atoms with E-state index in [9.17, 15) is 9.90 Å². The van der Waals surface area contributed by atoms with Crippen molar-refractivity contribution in [1.29, 1.82) is 0 Å². The van der Waals surface area contributed by atoms with Gasteiger partial charge in [0.1, 0.15) is 5.60 Å². The molecule has 74 valence electrons. The second kappa shape index (κ2) is 3.10. The number of hydrogen-bond acceptors (Lipinski definition) is 3. The lowest BCUT2D eigenvalue weighted by Gasteiger charge is -2.13. The molecule has 0 aromatic rings. The summed E-state index contributed by atoms with van der Waals surface area (Å²) >= 11 is 0. The van der Waals surface area contributed by atoms with Gasteiger partial charge in [-0.3, -0.25) is 4.79 Å². The predicted molar refractivity (Wildman–Crippen MR) is 50.3 cm³/mol. The molecule has 1 amide bonds. The highest BCUT2D eigenvalue weighted by Gasteiger charge is 2.35. The fourth-order valence-electron chi connectivity index (χ4n) is 0.710. The van der Waals surface area contributed by atoms with E-state index in [0.717, 1.165) is 12.8 Å². The number of aliphatic hydroxyl groups is 1. The highest BCUT2D eigenvalue weighted by atomic mass is 16.3. The number of carbonyl (C=O) groups excluding carboxylic acids is 1. The average Bonchev–Trinajstić information content (AvgIpc) is 2.66. The predicted octanol–water partition coefficient (Wildman–Crippen LogP) is 0.659. The molecule has 0 aliphatic heterocycles. The average molecular weight is 184 g/mol. The molecule has 1 aliphatic rings. The van der Waals surface area contributed by atoms with E-state index in [2.05, 4.69) is 17.5 Å². The fraction of sp³-hybridized carbons (Fsp3) is 0.778. The SMILES string of the molecule is CC1(/C=N/NC(=O)C(C)(C)O)CC1. The molecule has 2 N–H and O–H groups in total. The third kappa shape index (κ3) is 3.14. The van der Waals surface area contributed by atoms with Gasteiger partial charge < -0.3 is 5.11 Å². The molecular weight excluding hydrogens is 168 g/mol. The number of rotatable bonds is 3. The van der Waals surface area contributed by atoms with Crippen LogP contribution in [0.1, 0.15) is 33.6 Å². The van der Waals surface area contributed by atoms with Crippen LogP contribution in [0.2, 0.25) is 0 Å². The van der Waals surface area contributed by atoms with Crippen molar-refractivity contribution in [3.63, 3.8) is 0 Å². The van der Waals surface area contributed by atoms with E-state index < -0.39 is 11.5 Å². The number of hydrogen-bond donors (Lipinski definition) is 2. The van der Waals surface area contributed by atoms with Crippen molar-refractivity contribution in [2.45, 2.75) is 39.2 Å². The van der Waals surface area contributed by atoms with E-state index in [0.29, 0.717) is 0 Å². The van der Waals surface area contributed by atoms with Gasteiger partial charge in [0.2, 0.25) is 0 Å². The minimum absolute atomic E-state index is 0.173. The van der Waals surface area contributed by atoms with Crippen molar-refractivity contribution >= 4 is 12.1 Å². The smallest absolute Gasteiger partial charge is 0.271 e. The van der Waals surface area contributed by atoms with E-state index >= 15 is 0 Å². The third-order valence-electron chi connectivity index (χ3n) is 2.14. The van der Waals surface area contributed by atoms with Gasteiger partial charge in [0, 0.05) is 11.6 Å². The Morgan fingerprint density at radius 1 is 1.62 bits per heavy atom. The molecule has 1 saturated carbocycles. The summed E-state index contributed by atoms with van der Waals surface area (Å²) in [4.78, 5) is 11.1. The van der Waals surface area contributed by atoms with Gasteiger partial charge in [-0.15, -0.1) is 0 Å². The first-order valence-electron chi connectivity index (χ1n) is 4.41. The lowest BCUT2D eigenvalue weighted by molar-refractivity contribution is -0.136. The zero-order valence-corrected chi connectivity index (χ0v) is 8.29. The lowest BCUT2D eigenvalue weighted by Crippen LogP contribution is -2.39. The summed E-state index contributed by atoms with van der Waals surface area (Å²) < 4.78 is 0. The molecule has 0 aromatic heterocycles. The molecule has 0 heterocycles. The molecule has 1 aliphatic carbocycles. The Kier molecular flexibility index (Phi) is 2.43. The van der Waals surface area contributed by atoms with Gasteiger partial charge in [-0.25, -0.2) is 5.43 Å². The molecule has 0 aromatic carbocycles. The van der Waals surface area contributed by atoms with Gasteiger partial charge in [-0.1, -0.05) is 6.92 Å². The van der Waals surface area contributed by atoms with Crippen LogP contribution in [0.3, 0.4) is 0 Å². The molecule has 13 heavy (non-hydrogen) atoms. The summed E-state index contributed by atoms with van der Waals surface area (Å²) in [5.74, 6) is -0.479. The maximum atomic E-state index is 11.1. The van der Waals surface area contributed by atoms with Crippen LogP contribution in [-0.4, -0.2) is 22.8 Å². The van der Waals surface area contributed by atoms with Crippen LogP contribution in [0.15, 0.2) is 5.10 Å². The largest absolute Gasteiger partial charge is 0.381 e. The normalized spacial score (nSPS) is 20.3. The second-order valence-corrected chi connectivity index (χ2v) is 4.41. The molecule has 0 atom stereocenters. The van der Waals surface area contributed by atoms with Crippen LogP contribution in [0.4, 0.5) is 0 Å². The minimum Gasteiger partial charge on any atom is -0.381 e. The first-order valence-corrected chi connectivity index (χ1v) is 4.41.